The van der Waals surface area contributed by atoms with Crippen LogP contribution >= 0.6 is 0 Å². The topological polar surface area (TPSA) is 37.8 Å². The summed E-state index contributed by atoms with van der Waals surface area (Å²) in [5.74, 6) is 1.43. The minimum atomic E-state index is 0.378. The third-order valence-electron chi connectivity index (χ3n) is 3.86. The molecule has 0 saturated heterocycles. The summed E-state index contributed by atoms with van der Waals surface area (Å²) in [7, 11) is 0. The number of nitrogens with zero attached hydrogens (tertiary/aromatic N) is 2. The standard InChI is InChI=1S/C14H23N3/c1-10(2)11-8-13(16-9-15-11)17-12-6-5-7-14(12,3)4/h8-10,12H,5-7H2,1-4H3,(H,15,16,17). The Labute approximate surface area is 104 Å². The first-order chi connectivity index (χ1) is 7.99. The molecule has 2 rings (SSSR count). The molecule has 0 spiro atoms. The van der Waals surface area contributed by atoms with Crippen molar-refractivity contribution in [1.82, 2.24) is 9.97 Å². The highest BCUT2D eigenvalue weighted by Crippen LogP contribution is 2.38. The molecule has 0 amide bonds. The zero-order valence-electron chi connectivity index (χ0n) is 11.3. The number of hydrogen-bond donors (Lipinski definition) is 1. The van der Waals surface area contributed by atoms with Crippen LogP contribution in [0.1, 0.15) is 58.6 Å². The first-order valence-electron chi connectivity index (χ1n) is 6.57. The molecule has 1 fully saturated rings. The lowest BCUT2D eigenvalue weighted by atomic mass is 9.87. The maximum absolute atomic E-state index is 4.33. The van der Waals surface area contributed by atoms with Crippen molar-refractivity contribution in [2.75, 3.05) is 5.32 Å². The van der Waals surface area contributed by atoms with E-state index in [0.29, 0.717) is 17.4 Å². The molecule has 17 heavy (non-hydrogen) atoms. The van der Waals surface area contributed by atoms with Crippen LogP contribution in [0.5, 0.6) is 0 Å². The van der Waals surface area contributed by atoms with Gasteiger partial charge in [0, 0.05) is 17.8 Å². The van der Waals surface area contributed by atoms with Gasteiger partial charge in [0.05, 0.1) is 0 Å². The van der Waals surface area contributed by atoms with E-state index < -0.39 is 0 Å². The van der Waals surface area contributed by atoms with Crippen molar-refractivity contribution in [2.45, 2.75) is 58.9 Å². The van der Waals surface area contributed by atoms with Gasteiger partial charge in [-0.2, -0.15) is 0 Å². The lowest BCUT2D eigenvalue weighted by Crippen LogP contribution is -2.31. The Morgan fingerprint density at radius 2 is 2.12 bits per heavy atom. The van der Waals surface area contributed by atoms with Gasteiger partial charge in [-0.3, -0.25) is 0 Å². The molecule has 1 aliphatic carbocycles. The first kappa shape index (κ1) is 12.3. The highest BCUT2D eigenvalue weighted by molar-refractivity contribution is 5.37. The van der Waals surface area contributed by atoms with Gasteiger partial charge in [0.15, 0.2) is 0 Å². The molecule has 1 aromatic rings. The lowest BCUT2D eigenvalue weighted by molar-refractivity contribution is 0.349. The summed E-state index contributed by atoms with van der Waals surface area (Å²) < 4.78 is 0. The third kappa shape index (κ3) is 2.76. The normalized spacial score (nSPS) is 23.0. The van der Waals surface area contributed by atoms with Crippen molar-refractivity contribution >= 4 is 5.82 Å². The van der Waals surface area contributed by atoms with Gasteiger partial charge in [-0.25, -0.2) is 9.97 Å². The summed E-state index contributed by atoms with van der Waals surface area (Å²) >= 11 is 0. The molecule has 0 bridgehead atoms. The molecule has 1 unspecified atom stereocenters. The fraction of sp³-hybridized carbons (Fsp3) is 0.714. The molecule has 3 heteroatoms. The van der Waals surface area contributed by atoms with Crippen LogP contribution in [-0.2, 0) is 0 Å². The Bertz CT molecular complexity index is 385. The van der Waals surface area contributed by atoms with Gasteiger partial charge in [-0.15, -0.1) is 0 Å². The average molecular weight is 233 g/mol. The molecule has 94 valence electrons. The Kier molecular flexibility index (Phi) is 3.36. The SMILES string of the molecule is CC(C)c1cc(NC2CCCC2(C)C)ncn1. The monoisotopic (exact) mass is 233 g/mol. The molecule has 1 N–H and O–H groups in total. The van der Waals surface area contributed by atoms with E-state index in [1.807, 2.05) is 0 Å². The van der Waals surface area contributed by atoms with Crippen molar-refractivity contribution in [3.8, 4) is 0 Å². The minimum absolute atomic E-state index is 0.378. The van der Waals surface area contributed by atoms with Gasteiger partial charge < -0.3 is 5.32 Å². The van der Waals surface area contributed by atoms with Crippen LogP contribution in [0.3, 0.4) is 0 Å². The van der Waals surface area contributed by atoms with Gasteiger partial charge in [0.1, 0.15) is 12.1 Å². The molecule has 1 saturated carbocycles. The fourth-order valence-corrected chi connectivity index (χ4v) is 2.54. The molecule has 1 aromatic heterocycles. The van der Waals surface area contributed by atoms with Crippen molar-refractivity contribution < 1.29 is 0 Å². The van der Waals surface area contributed by atoms with Gasteiger partial charge in [0.2, 0.25) is 0 Å². The Morgan fingerprint density at radius 1 is 1.35 bits per heavy atom. The Morgan fingerprint density at radius 3 is 2.71 bits per heavy atom. The van der Waals surface area contributed by atoms with Crippen LogP contribution in [0.2, 0.25) is 0 Å². The van der Waals surface area contributed by atoms with Crippen LogP contribution in [-0.4, -0.2) is 16.0 Å². The molecule has 0 aliphatic heterocycles. The maximum atomic E-state index is 4.33. The van der Waals surface area contributed by atoms with E-state index in [4.69, 9.17) is 0 Å². The van der Waals surface area contributed by atoms with Gasteiger partial charge in [-0.05, 0) is 24.2 Å². The Balaban J connectivity index is 2.11. The number of nitrogens with one attached hydrogen (secondary N) is 1. The van der Waals surface area contributed by atoms with E-state index in [-0.39, 0.29) is 0 Å². The van der Waals surface area contributed by atoms with Crippen LogP contribution < -0.4 is 5.32 Å². The predicted octanol–water partition coefficient (Wildman–Crippen LogP) is 3.59. The summed E-state index contributed by atoms with van der Waals surface area (Å²) in [5.41, 5.74) is 1.49. The zero-order chi connectivity index (χ0) is 12.5. The number of anilines is 1. The van der Waals surface area contributed by atoms with Gasteiger partial charge >= 0.3 is 0 Å². The second-order valence-electron chi connectivity index (χ2n) is 6.06. The summed E-state index contributed by atoms with van der Waals surface area (Å²) in [6.45, 7) is 8.99. The summed E-state index contributed by atoms with van der Waals surface area (Å²) in [6, 6.07) is 2.62. The highest BCUT2D eigenvalue weighted by Gasteiger charge is 2.34. The molecule has 0 aromatic carbocycles. The summed E-state index contributed by atoms with van der Waals surface area (Å²) in [6.07, 6.45) is 5.52. The molecule has 3 nitrogen and oxygen atoms in total. The third-order valence-corrected chi connectivity index (χ3v) is 3.86. The fourth-order valence-electron chi connectivity index (χ4n) is 2.54. The number of aromatic nitrogens is 2. The molecule has 0 radical (unpaired) electrons. The summed E-state index contributed by atoms with van der Waals surface area (Å²) in [4.78, 5) is 8.63. The van der Waals surface area contributed by atoms with Crippen molar-refractivity contribution in [2.24, 2.45) is 5.41 Å². The van der Waals surface area contributed by atoms with Crippen LogP contribution in [0.15, 0.2) is 12.4 Å². The minimum Gasteiger partial charge on any atom is -0.367 e. The van der Waals surface area contributed by atoms with E-state index in [1.54, 1.807) is 6.33 Å². The summed E-state index contributed by atoms with van der Waals surface area (Å²) in [5, 5.41) is 3.58. The van der Waals surface area contributed by atoms with Crippen LogP contribution in [0.25, 0.3) is 0 Å². The van der Waals surface area contributed by atoms with Crippen LogP contribution in [0, 0.1) is 5.41 Å². The second kappa shape index (κ2) is 4.63. The van der Waals surface area contributed by atoms with Crippen molar-refractivity contribution in [3.05, 3.63) is 18.1 Å². The van der Waals surface area contributed by atoms with E-state index in [0.717, 1.165) is 11.5 Å². The average Bonchev–Trinajstić information content (AvgIpc) is 2.59. The smallest absolute Gasteiger partial charge is 0.129 e. The van der Waals surface area contributed by atoms with E-state index in [1.165, 1.54) is 19.3 Å². The van der Waals surface area contributed by atoms with Gasteiger partial charge in [0.25, 0.3) is 0 Å². The van der Waals surface area contributed by atoms with Crippen molar-refractivity contribution in [1.29, 1.82) is 0 Å². The van der Waals surface area contributed by atoms with Crippen molar-refractivity contribution in [3.63, 3.8) is 0 Å². The van der Waals surface area contributed by atoms with Gasteiger partial charge in [-0.1, -0.05) is 34.1 Å². The van der Waals surface area contributed by atoms with E-state index >= 15 is 0 Å². The first-order valence-corrected chi connectivity index (χ1v) is 6.57. The predicted molar refractivity (Wildman–Crippen MR) is 71.2 cm³/mol. The highest BCUT2D eigenvalue weighted by atomic mass is 15.0. The van der Waals surface area contributed by atoms with Crippen LogP contribution in [0.4, 0.5) is 5.82 Å². The quantitative estimate of drug-likeness (QED) is 0.867. The number of rotatable bonds is 3. The largest absolute Gasteiger partial charge is 0.367 e. The Hall–Kier alpha value is -1.12. The van der Waals surface area contributed by atoms with E-state index in [2.05, 4.69) is 49.0 Å². The van der Waals surface area contributed by atoms with E-state index in [9.17, 15) is 0 Å². The lowest BCUT2D eigenvalue weighted by Gasteiger charge is -2.28. The zero-order valence-corrected chi connectivity index (χ0v) is 11.3. The molecular weight excluding hydrogens is 210 g/mol. The molecule has 1 atom stereocenters. The molecular formula is C14H23N3. The molecule has 1 aliphatic rings. The maximum Gasteiger partial charge on any atom is 0.129 e. The second-order valence-corrected chi connectivity index (χ2v) is 6.06. The molecule has 1 heterocycles. The number of hydrogen-bond acceptors (Lipinski definition) is 3.